The van der Waals surface area contributed by atoms with Crippen LogP contribution in [0.2, 0.25) is 0 Å². The van der Waals surface area contributed by atoms with E-state index in [4.69, 9.17) is 0 Å². The summed E-state index contributed by atoms with van der Waals surface area (Å²) < 4.78 is 39.8. The molecule has 2 aromatic heterocycles. The summed E-state index contributed by atoms with van der Waals surface area (Å²) in [7, 11) is 1.39. The van der Waals surface area contributed by atoms with Crippen LogP contribution in [0, 0.1) is 5.92 Å². The SMILES string of the molecule is Cn1nc(C(F)(F)F)c2cc(C(=O)NCC3CC3)cnc21. The topological polar surface area (TPSA) is 59.8 Å². The molecule has 2 heterocycles. The quantitative estimate of drug-likeness (QED) is 0.944. The van der Waals surface area contributed by atoms with Crippen LogP contribution in [0.3, 0.4) is 0 Å². The Balaban J connectivity index is 1.95. The van der Waals surface area contributed by atoms with Gasteiger partial charge in [-0.25, -0.2) is 9.67 Å². The third kappa shape index (κ3) is 2.70. The lowest BCUT2D eigenvalue weighted by atomic mass is 10.2. The summed E-state index contributed by atoms with van der Waals surface area (Å²) in [5, 5.41) is 5.98. The number of halogens is 3. The molecule has 2 aromatic rings. The Morgan fingerprint density at radius 2 is 2.19 bits per heavy atom. The highest BCUT2D eigenvalue weighted by molar-refractivity contribution is 5.97. The molecule has 1 saturated carbocycles. The second-order valence-electron chi connectivity index (χ2n) is 5.22. The van der Waals surface area contributed by atoms with Gasteiger partial charge >= 0.3 is 6.18 Å². The van der Waals surface area contributed by atoms with Gasteiger partial charge in [0, 0.05) is 19.8 Å². The Hall–Kier alpha value is -2.12. The Morgan fingerprint density at radius 1 is 1.48 bits per heavy atom. The third-order valence-corrected chi connectivity index (χ3v) is 3.46. The van der Waals surface area contributed by atoms with Gasteiger partial charge in [-0.1, -0.05) is 0 Å². The summed E-state index contributed by atoms with van der Waals surface area (Å²) in [6.07, 6.45) is -1.15. The van der Waals surface area contributed by atoms with E-state index in [2.05, 4.69) is 15.4 Å². The van der Waals surface area contributed by atoms with Crippen molar-refractivity contribution in [3.63, 3.8) is 0 Å². The van der Waals surface area contributed by atoms with Crippen molar-refractivity contribution in [2.45, 2.75) is 19.0 Å². The zero-order valence-corrected chi connectivity index (χ0v) is 11.2. The number of carbonyl (C=O) groups excluding carboxylic acids is 1. The predicted molar refractivity (Wildman–Crippen MR) is 68.6 cm³/mol. The molecule has 112 valence electrons. The summed E-state index contributed by atoms with van der Waals surface area (Å²) in [4.78, 5) is 15.8. The van der Waals surface area contributed by atoms with Gasteiger partial charge in [-0.2, -0.15) is 18.3 Å². The fraction of sp³-hybridized carbons (Fsp3) is 0.462. The van der Waals surface area contributed by atoms with Crippen molar-refractivity contribution in [1.29, 1.82) is 0 Å². The minimum absolute atomic E-state index is 0.0982. The number of hydrogen-bond acceptors (Lipinski definition) is 3. The monoisotopic (exact) mass is 298 g/mol. The molecule has 0 spiro atoms. The number of nitrogens with one attached hydrogen (secondary N) is 1. The average Bonchev–Trinajstić information content (AvgIpc) is 3.18. The van der Waals surface area contributed by atoms with Gasteiger partial charge < -0.3 is 5.32 Å². The summed E-state index contributed by atoms with van der Waals surface area (Å²) in [5.74, 6) is 0.0862. The predicted octanol–water partition coefficient (Wildman–Crippen LogP) is 2.13. The highest BCUT2D eigenvalue weighted by Crippen LogP contribution is 2.33. The number of alkyl halides is 3. The first-order chi connectivity index (χ1) is 9.86. The van der Waals surface area contributed by atoms with Crippen LogP contribution in [0.25, 0.3) is 11.0 Å². The van der Waals surface area contributed by atoms with Crippen LogP contribution in [0.5, 0.6) is 0 Å². The number of amides is 1. The smallest absolute Gasteiger partial charge is 0.352 e. The standard InChI is InChI=1S/C13H13F3N4O/c1-20-11-9(10(19-20)13(14,15)16)4-8(6-17-11)12(21)18-5-7-2-3-7/h4,6-7H,2-3,5H2,1H3,(H,18,21). The number of nitrogens with zero attached hydrogens (tertiary/aromatic N) is 3. The summed E-state index contributed by atoms with van der Waals surface area (Å²) >= 11 is 0. The number of fused-ring (bicyclic) bond motifs is 1. The number of hydrogen-bond donors (Lipinski definition) is 1. The molecular weight excluding hydrogens is 285 g/mol. The second-order valence-corrected chi connectivity index (χ2v) is 5.22. The summed E-state index contributed by atoms with van der Waals surface area (Å²) in [6.45, 7) is 0.552. The molecule has 0 bridgehead atoms. The maximum absolute atomic E-state index is 12.9. The van der Waals surface area contributed by atoms with Gasteiger partial charge in [-0.3, -0.25) is 4.79 Å². The highest BCUT2D eigenvalue weighted by Gasteiger charge is 2.37. The first-order valence-electron chi connectivity index (χ1n) is 6.54. The van der Waals surface area contributed by atoms with Crippen molar-refractivity contribution in [2.24, 2.45) is 13.0 Å². The van der Waals surface area contributed by atoms with Gasteiger partial charge in [-0.05, 0) is 24.8 Å². The number of aromatic nitrogens is 3. The van der Waals surface area contributed by atoms with Crippen LogP contribution in [-0.4, -0.2) is 27.2 Å². The van der Waals surface area contributed by atoms with Crippen molar-refractivity contribution in [1.82, 2.24) is 20.1 Å². The van der Waals surface area contributed by atoms with Gasteiger partial charge in [0.05, 0.1) is 10.9 Å². The van der Waals surface area contributed by atoms with E-state index in [1.807, 2.05) is 0 Å². The van der Waals surface area contributed by atoms with Gasteiger partial charge in [0.15, 0.2) is 11.3 Å². The Bertz CT molecular complexity index is 703. The molecule has 8 heteroatoms. The highest BCUT2D eigenvalue weighted by atomic mass is 19.4. The molecule has 1 fully saturated rings. The van der Waals surface area contributed by atoms with E-state index in [9.17, 15) is 18.0 Å². The van der Waals surface area contributed by atoms with Crippen molar-refractivity contribution in [2.75, 3.05) is 6.54 Å². The van der Waals surface area contributed by atoms with Gasteiger partial charge in [0.1, 0.15) is 0 Å². The molecule has 1 aliphatic carbocycles. The molecule has 5 nitrogen and oxygen atoms in total. The van der Waals surface area contributed by atoms with Crippen LogP contribution in [-0.2, 0) is 13.2 Å². The van der Waals surface area contributed by atoms with Gasteiger partial charge in [-0.15, -0.1) is 0 Å². The second kappa shape index (κ2) is 4.71. The molecule has 3 rings (SSSR count). The van der Waals surface area contributed by atoms with E-state index >= 15 is 0 Å². The molecule has 0 aromatic carbocycles. The van der Waals surface area contributed by atoms with Crippen LogP contribution in [0.15, 0.2) is 12.3 Å². The molecule has 0 atom stereocenters. The minimum atomic E-state index is -4.58. The number of pyridine rings is 1. The van der Waals surface area contributed by atoms with E-state index < -0.39 is 17.8 Å². The Morgan fingerprint density at radius 3 is 2.81 bits per heavy atom. The molecule has 1 N–H and O–H groups in total. The normalized spacial score (nSPS) is 15.4. The van der Waals surface area contributed by atoms with E-state index in [1.165, 1.54) is 19.3 Å². The van der Waals surface area contributed by atoms with E-state index in [0.29, 0.717) is 12.5 Å². The lowest BCUT2D eigenvalue weighted by Crippen LogP contribution is -2.25. The minimum Gasteiger partial charge on any atom is -0.352 e. The number of aryl methyl sites for hydroxylation is 1. The maximum atomic E-state index is 12.9. The summed E-state index contributed by atoms with van der Waals surface area (Å²) in [6, 6.07) is 1.19. The van der Waals surface area contributed by atoms with Crippen LogP contribution in [0.1, 0.15) is 28.9 Å². The largest absolute Gasteiger partial charge is 0.435 e. The fourth-order valence-corrected chi connectivity index (χ4v) is 2.14. The maximum Gasteiger partial charge on any atom is 0.435 e. The Kier molecular flexibility index (Phi) is 3.11. The lowest BCUT2D eigenvalue weighted by molar-refractivity contribution is -0.140. The zero-order chi connectivity index (χ0) is 15.2. The van der Waals surface area contributed by atoms with Crippen molar-refractivity contribution in [3.8, 4) is 0 Å². The van der Waals surface area contributed by atoms with Crippen molar-refractivity contribution >= 4 is 16.9 Å². The lowest BCUT2D eigenvalue weighted by Gasteiger charge is -2.05. The number of carbonyl (C=O) groups is 1. The van der Waals surface area contributed by atoms with Crippen LogP contribution in [0.4, 0.5) is 13.2 Å². The molecule has 0 radical (unpaired) electrons. The van der Waals surface area contributed by atoms with Crippen LogP contribution >= 0.6 is 0 Å². The third-order valence-electron chi connectivity index (χ3n) is 3.46. The van der Waals surface area contributed by atoms with Crippen molar-refractivity contribution < 1.29 is 18.0 Å². The van der Waals surface area contributed by atoms with Crippen molar-refractivity contribution in [3.05, 3.63) is 23.5 Å². The van der Waals surface area contributed by atoms with Gasteiger partial charge in [0.2, 0.25) is 0 Å². The Labute approximate surface area is 118 Å². The molecule has 21 heavy (non-hydrogen) atoms. The number of rotatable bonds is 3. The summed E-state index contributed by atoms with van der Waals surface area (Å²) in [5.41, 5.74) is -0.813. The molecular formula is C13H13F3N4O. The van der Waals surface area contributed by atoms with E-state index in [1.54, 1.807) is 0 Å². The first kappa shape index (κ1) is 13.8. The molecule has 0 saturated heterocycles. The molecule has 0 aliphatic heterocycles. The fourth-order valence-electron chi connectivity index (χ4n) is 2.14. The zero-order valence-electron chi connectivity index (χ0n) is 11.2. The van der Waals surface area contributed by atoms with E-state index in [0.717, 1.165) is 17.5 Å². The van der Waals surface area contributed by atoms with Gasteiger partial charge in [0.25, 0.3) is 5.91 Å². The van der Waals surface area contributed by atoms with Crippen LogP contribution < -0.4 is 5.32 Å². The van der Waals surface area contributed by atoms with E-state index in [-0.39, 0.29) is 16.6 Å². The average molecular weight is 298 g/mol. The molecule has 0 unspecified atom stereocenters. The molecule has 1 aliphatic rings. The first-order valence-corrected chi connectivity index (χ1v) is 6.54. The molecule has 1 amide bonds.